The fourth-order valence-corrected chi connectivity index (χ4v) is 0.485. The molecule has 6 heteroatoms. The maximum atomic E-state index is 9.75. The van der Waals surface area contributed by atoms with E-state index in [1.807, 2.05) is 42.2 Å². The Morgan fingerprint density at radius 2 is 1.25 bits per heavy atom. The number of pyridine rings is 1. The summed E-state index contributed by atoms with van der Waals surface area (Å²) in [6.45, 7) is 0. The molecule has 0 radical (unpaired) electrons. The van der Waals surface area contributed by atoms with Gasteiger partial charge in [-0.05, 0) is 0 Å². The first-order chi connectivity index (χ1) is 5.39. The summed E-state index contributed by atoms with van der Waals surface area (Å²) >= 11 is 0. The minimum atomic E-state index is -6.00. The molecule has 1 aromatic heterocycles. The molecule has 1 rings (SSSR count). The van der Waals surface area contributed by atoms with Gasteiger partial charge in [-0.15, -0.1) is 0 Å². The molecule has 0 saturated heterocycles. The minimum absolute atomic E-state index is 2.00. The maximum absolute atomic E-state index is 9.75. The summed E-state index contributed by atoms with van der Waals surface area (Å²) in [5, 5.41) is 0. The summed E-state index contributed by atoms with van der Waals surface area (Å²) in [6.07, 6.45) is 4.00. The van der Waals surface area contributed by atoms with Gasteiger partial charge < -0.3 is 17.3 Å². The van der Waals surface area contributed by atoms with E-state index in [1.54, 1.807) is 0 Å². The first-order valence-corrected chi connectivity index (χ1v) is 3.17. The molecule has 0 fully saturated rings. The summed E-state index contributed by atoms with van der Waals surface area (Å²) < 4.78 is 41.0. The van der Waals surface area contributed by atoms with Gasteiger partial charge in [0.15, 0.2) is 12.4 Å². The first-order valence-electron chi connectivity index (χ1n) is 3.17. The second-order valence-electron chi connectivity index (χ2n) is 2.04. The SMILES string of the molecule is C[n+]1ccccc1.F[B-](F)(F)F. The number of nitrogens with zero attached hydrogens (tertiary/aromatic N) is 1. The predicted octanol–water partition coefficient (Wildman–Crippen LogP) is 1.81. The molecule has 1 heterocycles. The molecule has 0 aliphatic heterocycles. The number of hydrogen-bond acceptors (Lipinski definition) is 0. The molecule has 0 aliphatic carbocycles. The van der Waals surface area contributed by atoms with Crippen molar-refractivity contribution in [3.63, 3.8) is 0 Å². The Balaban J connectivity index is 0.000000217. The highest BCUT2D eigenvalue weighted by molar-refractivity contribution is 6.50. The second-order valence-corrected chi connectivity index (χ2v) is 2.04. The third-order valence-corrected chi connectivity index (χ3v) is 0.865. The van der Waals surface area contributed by atoms with E-state index in [0.717, 1.165) is 0 Å². The van der Waals surface area contributed by atoms with Crippen molar-refractivity contribution in [1.29, 1.82) is 0 Å². The summed E-state index contributed by atoms with van der Waals surface area (Å²) in [7, 11) is -4.00. The van der Waals surface area contributed by atoms with Gasteiger partial charge in [0.25, 0.3) is 0 Å². The first kappa shape index (κ1) is 10.9. The van der Waals surface area contributed by atoms with E-state index in [0.29, 0.717) is 0 Å². The zero-order valence-corrected chi connectivity index (χ0v) is 6.42. The van der Waals surface area contributed by atoms with Gasteiger partial charge in [-0.25, -0.2) is 4.57 Å². The molecule has 1 aromatic rings. The van der Waals surface area contributed by atoms with Crippen LogP contribution in [0, 0.1) is 0 Å². The molecular formula is C6H8BF4N. The van der Waals surface area contributed by atoms with Crippen LogP contribution in [0.4, 0.5) is 17.3 Å². The van der Waals surface area contributed by atoms with Crippen molar-refractivity contribution < 1.29 is 21.8 Å². The van der Waals surface area contributed by atoms with E-state index in [2.05, 4.69) is 0 Å². The third kappa shape index (κ3) is 11.7. The molecule has 0 atom stereocenters. The second kappa shape index (κ2) is 4.74. The molecule has 0 saturated carbocycles. The van der Waals surface area contributed by atoms with Gasteiger partial charge in [0, 0.05) is 12.1 Å². The number of aromatic nitrogens is 1. The highest BCUT2D eigenvalue weighted by Gasteiger charge is 2.20. The Bertz CT molecular complexity index is 205. The Labute approximate surface area is 67.7 Å². The number of hydrogen-bond donors (Lipinski definition) is 0. The highest BCUT2D eigenvalue weighted by Crippen LogP contribution is 2.06. The van der Waals surface area contributed by atoms with Crippen LogP contribution < -0.4 is 4.57 Å². The van der Waals surface area contributed by atoms with Gasteiger partial charge in [-0.3, -0.25) is 0 Å². The van der Waals surface area contributed by atoms with E-state index in [-0.39, 0.29) is 0 Å². The average Bonchev–Trinajstić information content (AvgIpc) is 1.85. The lowest BCUT2D eigenvalue weighted by Crippen LogP contribution is -2.25. The molecule has 0 unspecified atom stereocenters. The van der Waals surface area contributed by atoms with Crippen molar-refractivity contribution in [2.45, 2.75) is 0 Å². The fraction of sp³-hybridized carbons (Fsp3) is 0.167. The average molecular weight is 181 g/mol. The van der Waals surface area contributed by atoms with Crippen molar-refractivity contribution in [2.75, 3.05) is 0 Å². The van der Waals surface area contributed by atoms with Crippen LogP contribution in [0.2, 0.25) is 0 Å². The van der Waals surface area contributed by atoms with Crippen LogP contribution in [0.15, 0.2) is 30.6 Å². The minimum Gasteiger partial charge on any atom is -0.418 e. The standard InChI is InChI=1S/C6H8N.BF4/c1-7-5-3-2-4-6-7;2-1(3,4)5/h2-6H,1H3;/q+1;-1. The Kier molecular flexibility index (Phi) is 4.32. The highest BCUT2D eigenvalue weighted by atomic mass is 19.5. The van der Waals surface area contributed by atoms with Gasteiger partial charge in [0.2, 0.25) is 0 Å². The maximum Gasteiger partial charge on any atom is 0.673 e. The zero-order valence-electron chi connectivity index (χ0n) is 6.42. The van der Waals surface area contributed by atoms with Gasteiger partial charge >= 0.3 is 7.25 Å². The lowest BCUT2D eigenvalue weighted by molar-refractivity contribution is -0.671. The van der Waals surface area contributed by atoms with E-state index in [1.165, 1.54) is 0 Å². The smallest absolute Gasteiger partial charge is 0.418 e. The van der Waals surface area contributed by atoms with E-state index in [9.17, 15) is 17.3 Å². The van der Waals surface area contributed by atoms with Crippen molar-refractivity contribution in [3.05, 3.63) is 30.6 Å². The predicted molar refractivity (Wildman–Crippen MR) is 37.8 cm³/mol. The molecule has 12 heavy (non-hydrogen) atoms. The number of aryl methyl sites for hydroxylation is 1. The van der Waals surface area contributed by atoms with E-state index in [4.69, 9.17) is 0 Å². The Morgan fingerprint density at radius 3 is 1.42 bits per heavy atom. The summed E-state index contributed by atoms with van der Waals surface area (Å²) in [5.41, 5.74) is 0. The van der Waals surface area contributed by atoms with Crippen LogP contribution >= 0.6 is 0 Å². The molecule has 1 nitrogen and oxygen atoms in total. The normalized spacial score (nSPS) is 10.1. The van der Waals surface area contributed by atoms with Crippen molar-refractivity contribution in [2.24, 2.45) is 7.05 Å². The van der Waals surface area contributed by atoms with Crippen LogP contribution in [-0.2, 0) is 7.05 Å². The lowest BCUT2D eigenvalue weighted by atomic mass is 10.3. The molecule has 0 aliphatic rings. The van der Waals surface area contributed by atoms with Crippen molar-refractivity contribution >= 4 is 7.25 Å². The Morgan fingerprint density at radius 1 is 0.917 bits per heavy atom. The van der Waals surface area contributed by atoms with Crippen LogP contribution in [0.3, 0.4) is 0 Å². The topological polar surface area (TPSA) is 3.88 Å². The molecule has 0 N–H and O–H groups in total. The summed E-state index contributed by atoms with van der Waals surface area (Å²) in [6, 6.07) is 6.00. The molecule has 0 spiro atoms. The van der Waals surface area contributed by atoms with Crippen LogP contribution in [0.5, 0.6) is 0 Å². The zero-order chi connectivity index (χ0) is 9.61. The van der Waals surface area contributed by atoms with E-state index < -0.39 is 7.25 Å². The molecule has 0 aromatic carbocycles. The van der Waals surface area contributed by atoms with Gasteiger partial charge in [-0.2, -0.15) is 0 Å². The van der Waals surface area contributed by atoms with Gasteiger partial charge in [-0.1, -0.05) is 6.07 Å². The van der Waals surface area contributed by atoms with Crippen LogP contribution in [-0.4, -0.2) is 7.25 Å². The third-order valence-electron chi connectivity index (χ3n) is 0.865. The number of rotatable bonds is 0. The van der Waals surface area contributed by atoms with Crippen molar-refractivity contribution in [1.82, 2.24) is 0 Å². The summed E-state index contributed by atoms with van der Waals surface area (Å²) in [4.78, 5) is 0. The molecule has 0 amide bonds. The van der Waals surface area contributed by atoms with Crippen LogP contribution in [0.25, 0.3) is 0 Å². The van der Waals surface area contributed by atoms with E-state index >= 15 is 0 Å². The largest absolute Gasteiger partial charge is 0.673 e. The van der Waals surface area contributed by atoms with Crippen LogP contribution in [0.1, 0.15) is 0 Å². The summed E-state index contributed by atoms with van der Waals surface area (Å²) in [5.74, 6) is 0. The molecular weight excluding hydrogens is 173 g/mol. The fourth-order valence-electron chi connectivity index (χ4n) is 0.485. The van der Waals surface area contributed by atoms with Crippen molar-refractivity contribution in [3.8, 4) is 0 Å². The quantitative estimate of drug-likeness (QED) is 0.326. The molecule has 0 bridgehead atoms. The Hall–Kier alpha value is -1.07. The number of halogens is 4. The lowest BCUT2D eigenvalue weighted by Gasteiger charge is -1.94. The van der Waals surface area contributed by atoms with Gasteiger partial charge in [0.1, 0.15) is 7.05 Å². The molecule has 68 valence electrons. The monoisotopic (exact) mass is 181 g/mol. The van der Waals surface area contributed by atoms with Gasteiger partial charge in [0.05, 0.1) is 0 Å².